The Morgan fingerprint density at radius 1 is 0.329 bits per heavy atom. The van der Waals surface area contributed by atoms with Crippen LogP contribution in [0.15, 0.2) is 243 Å². The molecule has 9 atom stereocenters. The molecular formula is C68H72O11. The van der Waals surface area contributed by atoms with Crippen LogP contribution in [0.1, 0.15) is 44.5 Å². The lowest BCUT2D eigenvalue weighted by Gasteiger charge is -2.47. The van der Waals surface area contributed by atoms with Gasteiger partial charge in [-0.15, -0.1) is 0 Å². The van der Waals surface area contributed by atoms with Crippen LogP contribution in [0.4, 0.5) is 0 Å². The molecule has 0 amide bonds. The van der Waals surface area contributed by atoms with Gasteiger partial charge < -0.3 is 52.5 Å². The van der Waals surface area contributed by atoms with Crippen LogP contribution in [0, 0.1) is 0 Å². The highest BCUT2D eigenvalue weighted by atomic mass is 16.7. The van der Waals surface area contributed by atoms with Crippen LogP contribution in [-0.2, 0) is 100 Å². The van der Waals surface area contributed by atoms with E-state index in [2.05, 4.69) is 0 Å². The molecule has 0 spiro atoms. The van der Waals surface area contributed by atoms with E-state index >= 15 is 0 Å². The Morgan fingerprint density at radius 3 is 1.04 bits per heavy atom. The highest BCUT2D eigenvalue weighted by Gasteiger charge is 2.51. The number of benzene rings is 8. The van der Waals surface area contributed by atoms with Crippen LogP contribution in [-0.4, -0.2) is 80.0 Å². The topological polar surface area (TPSA) is 113 Å². The first kappa shape index (κ1) is 57.0. The summed E-state index contributed by atoms with van der Waals surface area (Å²) in [6, 6.07) is 79.9. The Kier molecular flexibility index (Phi) is 22.9. The molecule has 1 aliphatic rings. The average molecular weight is 1070 g/mol. The van der Waals surface area contributed by atoms with E-state index in [1.165, 1.54) is 0 Å². The Bertz CT molecular complexity index is 2840. The quantitative estimate of drug-likeness (QED) is 0.0435. The third kappa shape index (κ3) is 18.2. The summed E-state index contributed by atoms with van der Waals surface area (Å²) in [5.41, 5.74) is 7.66. The van der Waals surface area contributed by atoms with E-state index in [1.807, 2.05) is 243 Å². The maximum absolute atomic E-state index is 11.5. The number of aliphatic hydroxyl groups excluding tert-OH is 1. The van der Waals surface area contributed by atoms with E-state index in [0.717, 1.165) is 44.5 Å². The summed E-state index contributed by atoms with van der Waals surface area (Å²) in [5, 5.41) is 11.5. The van der Waals surface area contributed by atoms with Crippen LogP contribution in [0.5, 0.6) is 0 Å². The molecule has 0 aromatic heterocycles. The number of rotatable bonds is 32. The summed E-state index contributed by atoms with van der Waals surface area (Å²) in [6.45, 7) is 1.59. The molecule has 1 aliphatic heterocycles. The van der Waals surface area contributed by atoms with Crippen LogP contribution in [0.25, 0.3) is 0 Å². The van der Waals surface area contributed by atoms with Gasteiger partial charge in [-0.1, -0.05) is 243 Å². The smallest absolute Gasteiger partial charge is 0.187 e. The molecule has 1 fully saturated rings. The third-order valence-electron chi connectivity index (χ3n) is 13.7. The zero-order valence-corrected chi connectivity index (χ0v) is 44.6. The largest absolute Gasteiger partial charge is 0.394 e. The van der Waals surface area contributed by atoms with Gasteiger partial charge in [0.05, 0.1) is 72.7 Å². The van der Waals surface area contributed by atoms with E-state index < -0.39 is 61.7 Å². The van der Waals surface area contributed by atoms with Crippen molar-refractivity contribution in [2.75, 3.05) is 19.8 Å². The zero-order chi connectivity index (χ0) is 53.9. The van der Waals surface area contributed by atoms with Gasteiger partial charge in [0.15, 0.2) is 6.29 Å². The minimum atomic E-state index is -1.15. The van der Waals surface area contributed by atoms with Crippen LogP contribution in [0.3, 0.4) is 0 Å². The first-order chi connectivity index (χ1) is 39.1. The van der Waals surface area contributed by atoms with Gasteiger partial charge >= 0.3 is 0 Å². The maximum atomic E-state index is 11.5. The summed E-state index contributed by atoms with van der Waals surface area (Å²) in [6.07, 6.45) is -8.06. The Labute approximate surface area is 465 Å². The SMILES string of the molecule is OC[C@@H](OCc1ccccc1)[C@@H](OCc1ccccc1)[C@H](OCc1ccccc1)[C@@H](COCc1ccccc1)O[C@@H]1O[C@H](COCc2ccccc2)[C@@H](OCc2ccccc2)[C@H](OCc2ccccc2)[C@@H]1OCc1ccccc1. The van der Waals surface area contributed by atoms with Crippen molar-refractivity contribution in [3.05, 3.63) is 287 Å². The lowest BCUT2D eigenvalue weighted by Crippen LogP contribution is -2.63. The third-order valence-corrected chi connectivity index (χ3v) is 13.7. The number of hydrogen-bond acceptors (Lipinski definition) is 11. The molecule has 0 unspecified atom stereocenters. The van der Waals surface area contributed by atoms with Gasteiger partial charge in [-0.05, 0) is 44.5 Å². The van der Waals surface area contributed by atoms with Gasteiger partial charge in [0, 0.05) is 0 Å². The van der Waals surface area contributed by atoms with Crippen molar-refractivity contribution < 1.29 is 52.5 Å². The van der Waals surface area contributed by atoms with Crippen molar-refractivity contribution in [3.63, 3.8) is 0 Å². The van der Waals surface area contributed by atoms with Gasteiger partial charge in [0.1, 0.15) is 48.8 Å². The molecule has 11 nitrogen and oxygen atoms in total. The predicted molar refractivity (Wildman–Crippen MR) is 303 cm³/mol. The second-order valence-electron chi connectivity index (χ2n) is 19.5. The Hall–Kier alpha value is -6.68. The number of hydrogen-bond donors (Lipinski definition) is 1. The van der Waals surface area contributed by atoms with Gasteiger partial charge in [-0.3, -0.25) is 0 Å². The van der Waals surface area contributed by atoms with E-state index in [4.69, 9.17) is 47.4 Å². The van der Waals surface area contributed by atoms with Crippen molar-refractivity contribution in [1.29, 1.82) is 0 Å². The minimum Gasteiger partial charge on any atom is -0.394 e. The molecule has 0 saturated carbocycles. The van der Waals surface area contributed by atoms with Crippen LogP contribution >= 0.6 is 0 Å². The molecule has 9 rings (SSSR count). The van der Waals surface area contributed by atoms with E-state index in [1.54, 1.807) is 0 Å². The van der Waals surface area contributed by atoms with Crippen molar-refractivity contribution >= 4 is 0 Å². The Morgan fingerprint density at radius 2 is 0.646 bits per heavy atom. The van der Waals surface area contributed by atoms with Crippen LogP contribution < -0.4 is 0 Å². The highest BCUT2D eigenvalue weighted by molar-refractivity contribution is 5.19. The molecule has 8 aromatic carbocycles. The van der Waals surface area contributed by atoms with Gasteiger partial charge in [-0.2, -0.15) is 0 Å². The predicted octanol–water partition coefficient (Wildman–Crippen LogP) is 12.0. The molecule has 1 heterocycles. The fourth-order valence-electron chi connectivity index (χ4n) is 9.50. The fraction of sp³-hybridized carbons (Fsp3) is 0.294. The van der Waals surface area contributed by atoms with Crippen molar-refractivity contribution in [1.82, 2.24) is 0 Å². The maximum Gasteiger partial charge on any atom is 0.187 e. The molecular weight excluding hydrogens is 993 g/mol. The molecule has 8 aromatic rings. The molecule has 0 aliphatic carbocycles. The van der Waals surface area contributed by atoms with Gasteiger partial charge in [-0.25, -0.2) is 0 Å². The summed E-state index contributed by atoms with van der Waals surface area (Å²) < 4.78 is 70.3. The van der Waals surface area contributed by atoms with Crippen molar-refractivity contribution in [2.45, 2.75) is 108 Å². The number of ether oxygens (including phenoxy) is 10. The highest BCUT2D eigenvalue weighted by Crippen LogP contribution is 2.34. The molecule has 410 valence electrons. The lowest BCUT2D eigenvalue weighted by atomic mass is 9.97. The van der Waals surface area contributed by atoms with Crippen molar-refractivity contribution in [3.8, 4) is 0 Å². The summed E-state index contributed by atoms with van der Waals surface area (Å²) >= 11 is 0. The zero-order valence-electron chi connectivity index (χ0n) is 44.6. The molecule has 1 N–H and O–H groups in total. The first-order valence-electron chi connectivity index (χ1n) is 27.2. The fourth-order valence-corrected chi connectivity index (χ4v) is 9.50. The van der Waals surface area contributed by atoms with E-state index in [-0.39, 0.29) is 59.5 Å². The molecule has 1 saturated heterocycles. The summed E-state index contributed by atoms with van der Waals surface area (Å²) in [4.78, 5) is 0. The Balaban J connectivity index is 1.14. The molecule has 11 heteroatoms. The first-order valence-corrected chi connectivity index (χ1v) is 27.2. The molecule has 0 bridgehead atoms. The van der Waals surface area contributed by atoms with Gasteiger partial charge in [0.2, 0.25) is 0 Å². The second-order valence-corrected chi connectivity index (χ2v) is 19.5. The molecule has 79 heavy (non-hydrogen) atoms. The normalized spacial score (nSPS) is 18.8. The average Bonchev–Trinajstić information content (AvgIpc) is 3.54. The van der Waals surface area contributed by atoms with Gasteiger partial charge in [0.25, 0.3) is 0 Å². The lowest BCUT2D eigenvalue weighted by molar-refractivity contribution is -0.347. The number of aliphatic hydroxyl groups is 1. The molecule has 0 radical (unpaired) electrons. The van der Waals surface area contributed by atoms with E-state index in [0.29, 0.717) is 6.61 Å². The second kappa shape index (κ2) is 31.8. The van der Waals surface area contributed by atoms with E-state index in [9.17, 15) is 5.11 Å². The standard InChI is InChI=1S/C68H72O11/c69-41-60(72-44-54-29-13-3-14-30-54)63(73-45-55-31-15-4-16-32-55)64(74-46-56-33-17-5-18-34-56)61(50-70-42-52-25-9-1-10-26-52)78-68-67(77-49-59-39-23-8-24-40-59)66(76-48-58-37-21-7-22-38-58)65(75-47-57-35-19-6-20-36-57)62(79-68)51-71-43-53-27-11-2-12-28-53/h1-40,60-69H,41-51H2/t60-,61-,62-,63-,64-,65-,66+,67+,68-/m1/s1. The van der Waals surface area contributed by atoms with Crippen molar-refractivity contribution in [2.24, 2.45) is 0 Å². The minimum absolute atomic E-state index is 0.000293. The summed E-state index contributed by atoms with van der Waals surface area (Å²) in [5.74, 6) is 0. The monoisotopic (exact) mass is 1060 g/mol. The van der Waals surface area contributed by atoms with Crippen LogP contribution in [0.2, 0.25) is 0 Å². The summed E-state index contributed by atoms with van der Waals surface area (Å²) in [7, 11) is 0.